The van der Waals surface area contributed by atoms with E-state index in [0.29, 0.717) is 31.0 Å². The summed E-state index contributed by atoms with van der Waals surface area (Å²) in [5.74, 6) is -0.438. The van der Waals surface area contributed by atoms with Gasteiger partial charge in [0.15, 0.2) is 0 Å². The minimum atomic E-state index is -0.535. The molecule has 0 unspecified atom stereocenters. The second-order valence-corrected chi connectivity index (χ2v) is 6.66. The number of hydrogen-bond donors (Lipinski definition) is 2. The highest BCUT2D eigenvalue weighted by molar-refractivity contribution is 5.95. The average molecular weight is 359 g/mol. The standard InChI is InChI=1S/C19H25N3O4/c1-12-4-5-13(2)14(10-12)17-16(18(23)25-3)15(20-19(24)21-17)11-22-6-8-26-9-7-22/h4-5,10,17H,6-9,11H2,1-3H3,(H2,20,21,24)/t17-/m1/s1. The molecule has 7 heteroatoms. The number of ether oxygens (including phenoxy) is 2. The van der Waals surface area contributed by atoms with Gasteiger partial charge in [0, 0.05) is 25.3 Å². The van der Waals surface area contributed by atoms with Crippen LogP contribution in [0, 0.1) is 13.8 Å². The van der Waals surface area contributed by atoms with Gasteiger partial charge in [0.1, 0.15) is 0 Å². The van der Waals surface area contributed by atoms with E-state index in [1.54, 1.807) is 0 Å². The highest BCUT2D eigenvalue weighted by atomic mass is 16.5. The van der Waals surface area contributed by atoms with Crippen molar-refractivity contribution in [2.75, 3.05) is 40.0 Å². The van der Waals surface area contributed by atoms with Gasteiger partial charge in [0.25, 0.3) is 0 Å². The number of esters is 1. The number of rotatable bonds is 4. The molecule has 2 aliphatic heterocycles. The molecule has 0 aromatic heterocycles. The average Bonchev–Trinajstić information content (AvgIpc) is 2.63. The molecule has 1 saturated heterocycles. The van der Waals surface area contributed by atoms with Crippen LogP contribution in [-0.2, 0) is 14.3 Å². The van der Waals surface area contributed by atoms with Gasteiger partial charge in [-0.25, -0.2) is 9.59 Å². The molecule has 2 amide bonds. The minimum absolute atomic E-state index is 0.313. The van der Waals surface area contributed by atoms with Crippen LogP contribution in [-0.4, -0.2) is 56.9 Å². The molecule has 0 radical (unpaired) electrons. The van der Waals surface area contributed by atoms with Crippen LogP contribution in [0.5, 0.6) is 0 Å². The maximum Gasteiger partial charge on any atom is 0.338 e. The summed E-state index contributed by atoms with van der Waals surface area (Å²) in [6.45, 7) is 7.25. The fourth-order valence-electron chi connectivity index (χ4n) is 3.38. The zero-order valence-corrected chi connectivity index (χ0v) is 15.4. The molecule has 0 saturated carbocycles. The number of methoxy groups -OCH3 is 1. The van der Waals surface area contributed by atoms with Crippen LogP contribution in [0.25, 0.3) is 0 Å². The van der Waals surface area contributed by atoms with Crippen LogP contribution in [0.4, 0.5) is 4.79 Å². The molecular weight excluding hydrogens is 334 g/mol. The fourth-order valence-corrected chi connectivity index (χ4v) is 3.38. The zero-order valence-electron chi connectivity index (χ0n) is 15.4. The number of aryl methyl sites for hydroxylation is 2. The molecule has 1 atom stereocenters. The molecule has 2 aliphatic rings. The Labute approximate surface area is 153 Å². The van der Waals surface area contributed by atoms with E-state index in [2.05, 4.69) is 15.5 Å². The second kappa shape index (κ2) is 7.88. The summed E-state index contributed by atoms with van der Waals surface area (Å²) < 4.78 is 10.4. The third-order valence-corrected chi connectivity index (χ3v) is 4.79. The fraction of sp³-hybridized carbons (Fsp3) is 0.474. The molecule has 1 aromatic rings. The first-order valence-electron chi connectivity index (χ1n) is 8.75. The molecule has 2 N–H and O–H groups in total. The van der Waals surface area contributed by atoms with Crippen molar-refractivity contribution in [2.24, 2.45) is 0 Å². The first kappa shape index (κ1) is 18.4. The molecule has 3 rings (SSSR count). The van der Waals surface area contributed by atoms with Crippen molar-refractivity contribution in [1.29, 1.82) is 0 Å². The molecule has 0 aliphatic carbocycles. The van der Waals surface area contributed by atoms with Gasteiger partial charge < -0.3 is 20.1 Å². The van der Waals surface area contributed by atoms with Crippen LogP contribution < -0.4 is 10.6 Å². The van der Waals surface area contributed by atoms with E-state index in [-0.39, 0.29) is 6.03 Å². The summed E-state index contributed by atoms with van der Waals surface area (Å²) in [4.78, 5) is 27.1. The second-order valence-electron chi connectivity index (χ2n) is 6.66. The Morgan fingerprint density at radius 2 is 2.04 bits per heavy atom. The number of carbonyl (C=O) groups excluding carboxylic acids is 2. The van der Waals surface area contributed by atoms with Gasteiger partial charge in [0.2, 0.25) is 0 Å². The van der Waals surface area contributed by atoms with Gasteiger partial charge in [0.05, 0.1) is 31.9 Å². The molecule has 0 bridgehead atoms. The van der Waals surface area contributed by atoms with Gasteiger partial charge in [-0.3, -0.25) is 4.90 Å². The van der Waals surface area contributed by atoms with Gasteiger partial charge in [-0.05, 0) is 25.0 Å². The van der Waals surface area contributed by atoms with E-state index in [9.17, 15) is 9.59 Å². The summed E-state index contributed by atoms with van der Waals surface area (Å²) in [5, 5.41) is 5.69. The van der Waals surface area contributed by atoms with Crippen molar-refractivity contribution in [3.05, 3.63) is 46.2 Å². The van der Waals surface area contributed by atoms with Gasteiger partial charge in [-0.2, -0.15) is 0 Å². The molecule has 2 heterocycles. The molecule has 0 spiro atoms. The summed E-state index contributed by atoms with van der Waals surface area (Å²) in [6.07, 6.45) is 0. The summed E-state index contributed by atoms with van der Waals surface area (Å²) >= 11 is 0. The van der Waals surface area contributed by atoms with E-state index in [1.165, 1.54) is 7.11 Å². The zero-order chi connectivity index (χ0) is 18.7. The highest BCUT2D eigenvalue weighted by Gasteiger charge is 2.34. The normalized spacial score (nSPS) is 21.2. The molecule has 1 aromatic carbocycles. The number of benzene rings is 1. The third kappa shape index (κ3) is 3.89. The van der Waals surface area contributed by atoms with Crippen LogP contribution >= 0.6 is 0 Å². The molecule has 7 nitrogen and oxygen atoms in total. The number of amides is 2. The number of urea groups is 1. The highest BCUT2D eigenvalue weighted by Crippen LogP contribution is 2.30. The topological polar surface area (TPSA) is 79.9 Å². The lowest BCUT2D eigenvalue weighted by atomic mass is 9.91. The van der Waals surface area contributed by atoms with E-state index in [1.807, 2.05) is 32.0 Å². The van der Waals surface area contributed by atoms with Crippen LogP contribution in [0.2, 0.25) is 0 Å². The lowest BCUT2D eigenvalue weighted by molar-refractivity contribution is -0.136. The Kier molecular flexibility index (Phi) is 5.58. The largest absolute Gasteiger partial charge is 0.466 e. The van der Waals surface area contributed by atoms with Crippen LogP contribution in [0.15, 0.2) is 29.5 Å². The van der Waals surface area contributed by atoms with E-state index < -0.39 is 12.0 Å². The lowest BCUT2D eigenvalue weighted by Crippen LogP contribution is -2.49. The molecule has 140 valence electrons. The predicted molar refractivity (Wildman–Crippen MR) is 96.6 cm³/mol. The molecule has 26 heavy (non-hydrogen) atoms. The lowest BCUT2D eigenvalue weighted by Gasteiger charge is -2.33. The molecular formula is C19H25N3O4. The summed E-state index contributed by atoms with van der Waals surface area (Å²) in [5.41, 5.74) is 4.02. The Bertz CT molecular complexity index is 738. The van der Waals surface area contributed by atoms with E-state index >= 15 is 0 Å². The number of nitrogens with one attached hydrogen (secondary N) is 2. The third-order valence-electron chi connectivity index (χ3n) is 4.79. The number of carbonyl (C=O) groups is 2. The monoisotopic (exact) mass is 359 g/mol. The first-order valence-corrected chi connectivity index (χ1v) is 8.75. The maximum absolute atomic E-state index is 12.6. The summed E-state index contributed by atoms with van der Waals surface area (Å²) in [6, 6.07) is 5.16. The van der Waals surface area contributed by atoms with Crippen molar-refractivity contribution >= 4 is 12.0 Å². The maximum atomic E-state index is 12.6. The molecule has 1 fully saturated rings. The number of nitrogens with zero attached hydrogens (tertiary/aromatic N) is 1. The smallest absolute Gasteiger partial charge is 0.338 e. The van der Waals surface area contributed by atoms with Crippen molar-refractivity contribution in [1.82, 2.24) is 15.5 Å². The summed E-state index contributed by atoms with van der Waals surface area (Å²) in [7, 11) is 1.36. The van der Waals surface area contributed by atoms with Crippen molar-refractivity contribution < 1.29 is 19.1 Å². The predicted octanol–water partition coefficient (Wildman–Crippen LogP) is 1.42. The Balaban J connectivity index is 2.03. The number of hydrogen-bond acceptors (Lipinski definition) is 5. The van der Waals surface area contributed by atoms with E-state index in [4.69, 9.17) is 9.47 Å². The SMILES string of the molecule is COC(=O)C1=C(CN2CCOCC2)NC(=O)N[C@@H]1c1cc(C)ccc1C. The van der Waals surface area contributed by atoms with Gasteiger partial charge in [-0.15, -0.1) is 0 Å². The van der Waals surface area contributed by atoms with E-state index in [0.717, 1.165) is 29.8 Å². The minimum Gasteiger partial charge on any atom is -0.466 e. The Morgan fingerprint density at radius 3 is 2.73 bits per heavy atom. The van der Waals surface area contributed by atoms with Crippen LogP contribution in [0.3, 0.4) is 0 Å². The van der Waals surface area contributed by atoms with Crippen molar-refractivity contribution in [3.63, 3.8) is 0 Å². The van der Waals surface area contributed by atoms with Gasteiger partial charge in [-0.1, -0.05) is 23.8 Å². The Hall–Kier alpha value is -2.38. The number of morpholine rings is 1. The van der Waals surface area contributed by atoms with Crippen molar-refractivity contribution in [2.45, 2.75) is 19.9 Å². The Morgan fingerprint density at radius 1 is 1.31 bits per heavy atom. The first-order chi connectivity index (χ1) is 12.5. The van der Waals surface area contributed by atoms with Crippen molar-refractivity contribution in [3.8, 4) is 0 Å². The van der Waals surface area contributed by atoms with Gasteiger partial charge >= 0.3 is 12.0 Å². The quantitative estimate of drug-likeness (QED) is 0.795. The van der Waals surface area contributed by atoms with Crippen LogP contribution in [0.1, 0.15) is 22.7 Å².